The monoisotopic (exact) mass is 193 g/mol. The Balaban J connectivity index is 0.000000845. The Morgan fingerprint density at radius 2 is 1.46 bits per heavy atom. The minimum Gasteiger partial charge on any atom is -0.265 e. The molecular weight excluding hydrogens is 186 g/mol. The van der Waals surface area contributed by atoms with Crippen LogP contribution in [0.15, 0.2) is 43.0 Å². The number of hydrogen-bond donors (Lipinski definition) is 0. The predicted molar refractivity (Wildman–Crippen MR) is 52.5 cm³/mol. The SMILES string of the molecule is Cl.c1cnc(-c2ccncc2)nc1. The molecule has 0 fully saturated rings. The number of halogens is 1. The van der Waals surface area contributed by atoms with Gasteiger partial charge in [0.1, 0.15) is 0 Å². The van der Waals surface area contributed by atoms with Gasteiger partial charge in [-0.25, -0.2) is 9.97 Å². The normalized spacial score (nSPS) is 8.92. The van der Waals surface area contributed by atoms with Crippen molar-refractivity contribution in [3.8, 4) is 11.4 Å². The van der Waals surface area contributed by atoms with E-state index in [1.54, 1.807) is 30.9 Å². The van der Waals surface area contributed by atoms with E-state index in [0.29, 0.717) is 0 Å². The Morgan fingerprint density at radius 3 is 2.08 bits per heavy atom. The summed E-state index contributed by atoms with van der Waals surface area (Å²) in [4.78, 5) is 12.1. The molecule has 0 bridgehead atoms. The summed E-state index contributed by atoms with van der Waals surface area (Å²) in [7, 11) is 0. The molecule has 0 aliphatic carbocycles. The van der Waals surface area contributed by atoms with E-state index in [2.05, 4.69) is 15.0 Å². The van der Waals surface area contributed by atoms with Crippen LogP contribution in [0.25, 0.3) is 11.4 Å². The zero-order valence-electron chi connectivity index (χ0n) is 6.79. The first-order valence-electron chi connectivity index (χ1n) is 3.64. The Hall–Kier alpha value is -1.48. The van der Waals surface area contributed by atoms with Crippen molar-refractivity contribution in [2.45, 2.75) is 0 Å². The minimum atomic E-state index is 0. The molecule has 0 atom stereocenters. The zero-order valence-corrected chi connectivity index (χ0v) is 7.61. The minimum absolute atomic E-state index is 0. The maximum Gasteiger partial charge on any atom is 0.159 e. The lowest BCUT2D eigenvalue weighted by Gasteiger charge is -1.95. The van der Waals surface area contributed by atoms with Crippen LogP contribution in [0.3, 0.4) is 0 Å². The maximum absolute atomic E-state index is 4.11. The van der Waals surface area contributed by atoms with Gasteiger partial charge in [0.05, 0.1) is 0 Å². The topological polar surface area (TPSA) is 38.7 Å². The van der Waals surface area contributed by atoms with E-state index in [9.17, 15) is 0 Å². The standard InChI is InChI=1S/C9H7N3.ClH/c1-4-11-9(12-5-1)8-2-6-10-7-3-8;/h1-7H;1H. The molecule has 13 heavy (non-hydrogen) atoms. The van der Waals surface area contributed by atoms with Crippen molar-refractivity contribution in [3.63, 3.8) is 0 Å². The second kappa shape index (κ2) is 4.52. The van der Waals surface area contributed by atoms with Crippen LogP contribution in [0.1, 0.15) is 0 Å². The molecule has 0 amide bonds. The smallest absolute Gasteiger partial charge is 0.159 e. The van der Waals surface area contributed by atoms with Crippen LogP contribution in [0, 0.1) is 0 Å². The fourth-order valence-electron chi connectivity index (χ4n) is 0.949. The highest BCUT2D eigenvalue weighted by Gasteiger charge is 1.95. The molecular formula is C9H8ClN3. The number of pyridine rings is 1. The van der Waals surface area contributed by atoms with Gasteiger partial charge in [-0.1, -0.05) is 0 Å². The van der Waals surface area contributed by atoms with E-state index < -0.39 is 0 Å². The van der Waals surface area contributed by atoms with Crippen LogP contribution >= 0.6 is 12.4 Å². The molecule has 66 valence electrons. The van der Waals surface area contributed by atoms with Crippen LogP contribution in [-0.4, -0.2) is 15.0 Å². The highest BCUT2D eigenvalue weighted by molar-refractivity contribution is 5.85. The van der Waals surface area contributed by atoms with Crippen molar-refractivity contribution in [2.75, 3.05) is 0 Å². The van der Waals surface area contributed by atoms with Crippen molar-refractivity contribution in [1.29, 1.82) is 0 Å². The Bertz CT molecular complexity index is 312. The fourth-order valence-corrected chi connectivity index (χ4v) is 0.949. The molecule has 2 heterocycles. The average Bonchev–Trinajstić information content (AvgIpc) is 2.21. The second-order valence-electron chi connectivity index (χ2n) is 2.31. The van der Waals surface area contributed by atoms with E-state index in [1.165, 1.54) is 0 Å². The quantitative estimate of drug-likeness (QED) is 0.695. The summed E-state index contributed by atoms with van der Waals surface area (Å²) in [5.41, 5.74) is 0.991. The van der Waals surface area contributed by atoms with Gasteiger partial charge >= 0.3 is 0 Å². The number of aromatic nitrogens is 3. The molecule has 0 aliphatic rings. The fraction of sp³-hybridized carbons (Fsp3) is 0. The molecule has 0 unspecified atom stereocenters. The molecule has 2 aromatic rings. The maximum atomic E-state index is 4.11. The summed E-state index contributed by atoms with van der Waals surface area (Å²) in [6, 6.07) is 5.56. The summed E-state index contributed by atoms with van der Waals surface area (Å²) in [5.74, 6) is 0.736. The Morgan fingerprint density at radius 1 is 0.846 bits per heavy atom. The third kappa shape index (κ3) is 2.23. The van der Waals surface area contributed by atoms with Crippen LogP contribution < -0.4 is 0 Å². The van der Waals surface area contributed by atoms with Crippen LogP contribution in [0.5, 0.6) is 0 Å². The van der Waals surface area contributed by atoms with E-state index >= 15 is 0 Å². The summed E-state index contributed by atoms with van der Waals surface area (Å²) < 4.78 is 0. The lowest BCUT2D eigenvalue weighted by Crippen LogP contribution is -1.85. The third-order valence-corrected chi connectivity index (χ3v) is 1.50. The van der Waals surface area contributed by atoms with Crippen LogP contribution in [-0.2, 0) is 0 Å². The van der Waals surface area contributed by atoms with E-state index in [0.717, 1.165) is 11.4 Å². The first-order valence-corrected chi connectivity index (χ1v) is 3.64. The van der Waals surface area contributed by atoms with Gasteiger partial charge in [-0.15, -0.1) is 12.4 Å². The average molecular weight is 194 g/mol. The Labute approximate surface area is 82.3 Å². The van der Waals surface area contributed by atoms with Gasteiger partial charge < -0.3 is 0 Å². The molecule has 2 aromatic heterocycles. The van der Waals surface area contributed by atoms with Gasteiger partial charge in [0.25, 0.3) is 0 Å². The number of hydrogen-bond acceptors (Lipinski definition) is 3. The number of rotatable bonds is 1. The molecule has 0 radical (unpaired) electrons. The molecule has 3 nitrogen and oxygen atoms in total. The highest BCUT2D eigenvalue weighted by Crippen LogP contribution is 2.10. The van der Waals surface area contributed by atoms with Crippen molar-refractivity contribution in [3.05, 3.63) is 43.0 Å². The Kier molecular flexibility index (Phi) is 3.34. The zero-order chi connectivity index (χ0) is 8.23. The van der Waals surface area contributed by atoms with Gasteiger partial charge in [-0.3, -0.25) is 4.98 Å². The molecule has 0 aromatic carbocycles. The largest absolute Gasteiger partial charge is 0.265 e. The molecule has 0 saturated heterocycles. The van der Waals surface area contributed by atoms with Gasteiger partial charge in [-0.05, 0) is 18.2 Å². The summed E-state index contributed by atoms with van der Waals surface area (Å²) >= 11 is 0. The van der Waals surface area contributed by atoms with Gasteiger partial charge in [-0.2, -0.15) is 0 Å². The lowest BCUT2D eigenvalue weighted by atomic mass is 10.2. The molecule has 2 rings (SSSR count). The summed E-state index contributed by atoms with van der Waals surface area (Å²) in [6.07, 6.45) is 6.91. The third-order valence-electron chi connectivity index (χ3n) is 1.50. The molecule has 0 spiro atoms. The van der Waals surface area contributed by atoms with Crippen molar-refractivity contribution in [1.82, 2.24) is 15.0 Å². The van der Waals surface area contributed by atoms with E-state index in [4.69, 9.17) is 0 Å². The molecule has 0 saturated carbocycles. The van der Waals surface area contributed by atoms with Crippen molar-refractivity contribution in [2.24, 2.45) is 0 Å². The van der Waals surface area contributed by atoms with Crippen molar-refractivity contribution >= 4 is 12.4 Å². The summed E-state index contributed by atoms with van der Waals surface area (Å²) in [6.45, 7) is 0. The van der Waals surface area contributed by atoms with Crippen molar-refractivity contribution < 1.29 is 0 Å². The first-order chi connectivity index (χ1) is 5.97. The molecule has 4 heteroatoms. The number of nitrogens with zero attached hydrogens (tertiary/aromatic N) is 3. The summed E-state index contributed by atoms with van der Waals surface area (Å²) in [5, 5.41) is 0. The second-order valence-corrected chi connectivity index (χ2v) is 2.31. The highest BCUT2D eigenvalue weighted by atomic mass is 35.5. The van der Waals surface area contributed by atoms with E-state index in [-0.39, 0.29) is 12.4 Å². The van der Waals surface area contributed by atoms with Gasteiger partial charge in [0.15, 0.2) is 5.82 Å². The molecule has 0 N–H and O–H groups in total. The lowest BCUT2D eigenvalue weighted by molar-refractivity contribution is 1.17. The van der Waals surface area contributed by atoms with Gasteiger partial charge in [0, 0.05) is 30.4 Å². The van der Waals surface area contributed by atoms with Crippen LogP contribution in [0.4, 0.5) is 0 Å². The predicted octanol–water partition coefficient (Wildman–Crippen LogP) is 1.96. The molecule has 0 aliphatic heterocycles. The van der Waals surface area contributed by atoms with E-state index in [1.807, 2.05) is 12.1 Å². The van der Waals surface area contributed by atoms with Gasteiger partial charge in [0.2, 0.25) is 0 Å². The first kappa shape index (κ1) is 9.61. The van der Waals surface area contributed by atoms with Crippen LogP contribution in [0.2, 0.25) is 0 Å².